The third-order valence-electron chi connectivity index (χ3n) is 10.8. The molecule has 0 heterocycles. The summed E-state index contributed by atoms with van der Waals surface area (Å²) in [6, 6.07) is 31.8. The second kappa shape index (κ2) is 21.1. The molecule has 7 heteroatoms. The molecule has 0 N–H and O–H groups in total. The van der Waals surface area contributed by atoms with Crippen LogP contribution in [0.5, 0.6) is 0 Å². The summed E-state index contributed by atoms with van der Waals surface area (Å²) in [6.07, 6.45) is 4.74. The van der Waals surface area contributed by atoms with Crippen molar-refractivity contribution >= 4 is 63.0 Å². The Kier molecular flexibility index (Phi) is 18.2. The maximum absolute atomic E-state index is 5.98. The molecule has 0 aliphatic rings. The Morgan fingerprint density at radius 2 is 0.891 bits per heavy atom. The number of benzene rings is 4. The SMILES string of the molecule is CCCc1cc2c(-c3ccc(C)c(C)c3C)cccc2[cH-]1.CCCc1cc2c(-c3ccc(C)c(C)c3C)cccc2[cH-]1.[B]N([Si](C)(C)C)[Si](C)(C)C.[Cl][Zr+2][Cl]. The first-order chi connectivity index (χ1) is 25.8. The monoisotopic (exact) mass is 881 g/mol. The Balaban J connectivity index is 0.000000227. The molecule has 0 amide bonds. The molecule has 6 aromatic carbocycles. The van der Waals surface area contributed by atoms with Gasteiger partial charge in [0.25, 0.3) is 0 Å². The molecule has 0 aromatic heterocycles. The molecule has 6 aromatic rings. The van der Waals surface area contributed by atoms with Crippen LogP contribution in [0.2, 0.25) is 39.3 Å². The van der Waals surface area contributed by atoms with Crippen molar-refractivity contribution in [2.45, 2.75) is 120 Å². The van der Waals surface area contributed by atoms with Gasteiger partial charge in [-0.2, -0.15) is 12.1 Å². The first-order valence-corrected chi connectivity index (χ1v) is 33.0. The van der Waals surface area contributed by atoms with Crippen LogP contribution in [0, 0.1) is 41.5 Å². The van der Waals surface area contributed by atoms with Crippen LogP contribution in [0.15, 0.2) is 84.9 Å². The molecule has 6 rings (SSSR count). The summed E-state index contributed by atoms with van der Waals surface area (Å²) in [5.74, 6) is 0. The predicted molar refractivity (Wildman–Crippen MR) is 252 cm³/mol. The molecule has 290 valence electrons. The Morgan fingerprint density at radius 1 is 0.545 bits per heavy atom. The van der Waals surface area contributed by atoms with Gasteiger partial charge in [0.05, 0.1) is 0 Å². The van der Waals surface area contributed by atoms with Gasteiger partial charge in [0, 0.05) is 0 Å². The molecule has 0 aliphatic carbocycles. The second-order valence-electron chi connectivity index (χ2n) is 17.0. The second-order valence-corrected chi connectivity index (χ2v) is 30.8. The number of nitrogens with zero attached hydrogens (tertiary/aromatic N) is 1. The molecule has 0 saturated carbocycles. The van der Waals surface area contributed by atoms with Crippen LogP contribution in [-0.2, 0) is 33.7 Å². The molecule has 2 radical (unpaired) electrons. The fourth-order valence-electron chi connectivity index (χ4n) is 7.43. The Morgan fingerprint density at radius 3 is 1.18 bits per heavy atom. The van der Waals surface area contributed by atoms with E-state index < -0.39 is 37.3 Å². The van der Waals surface area contributed by atoms with Crippen molar-refractivity contribution in [3.8, 4) is 22.3 Å². The van der Waals surface area contributed by atoms with Crippen molar-refractivity contribution in [1.82, 2.24) is 4.14 Å². The van der Waals surface area contributed by atoms with Gasteiger partial charge in [0.1, 0.15) is 16.5 Å². The standard InChI is InChI=1S/2C21H23.C6H18BNSi2.2ClH.Zr/c2*1-5-7-17-12-18-8-6-9-20(21(18)13-17)19-11-10-14(2)15(3)16(19)4;1-9(2,3)8(7)10(4,5)6;;;/h2*6,8-13H,5,7H2,1-4H3;1-6H3;2*1H;/q2*-1;;;;+4/p-2. The maximum atomic E-state index is 5.98. The Bertz CT molecular complexity index is 2000. The van der Waals surface area contributed by atoms with Crippen molar-refractivity contribution in [2.75, 3.05) is 0 Å². The van der Waals surface area contributed by atoms with Crippen LogP contribution < -0.4 is 0 Å². The van der Waals surface area contributed by atoms with Gasteiger partial charge in [-0.3, -0.25) is 0 Å². The fourth-order valence-corrected chi connectivity index (χ4v) is 15.5. The van der Waals surface area contributed by atoms with Crippen LogP contribution in [0.3, 0.4) is 0 Å². The van der Waals surface area contributed by atoms with Crippen molar-refractivity contribution in [2.24, 2.45) is 0 Å². The van der Waals surface area contributed by atoms with Crippen LogP contribution in [0.25, 0.3) is 43.8 Å². The molecular weight excluding hydrogens is 820 g/mol. The third kappa shape index (κ3) is 12.5. The average molecular weight is 884 g/mol. The molecule has 0 aliphatic heterocycles. The zero-order valence-corrected chi connectivity index (χ0v) is 42.2. The quantitative estimate of drug-likeness (QED) is 0.109. The van der Waals surface area contributed by atoms with Gasteiger partial charge >= 0.3 is 37.9 Å². The molecule has 0 bridgehead atoms. The Hall–Kier alpha value is -1.98. The molecule has 0 fully saturated rings. The van der Waals surface area contributed by atoms with Gasteiger partial charge in [-0.15, -0.1) is 69.1 Å². The first kappa shape index (κ1) is 47.4. The van der Waals surface area contributed by atoms with E-state index >= 15 is 0 Å². The third-order valence-corrected chi connectivity index (χ3v) is 17.8. The number of rotatable bonds is 8. The summed E-state index contributed by atoms with van der Waals surface area (Å²) in [7, 11) is 13.4. The van der Waals surface area contributed by atoms with Gasteiger partial charge in [-0.1, -0.05) is 113 Å². The van der Waals surface area contributed by atoms with E-state index in [-0.39, 0.29) is 0 Å². The van der Waals surface area contributed by atoms with Crippen LogP contribution in [0.1, 0.15) is 71.2 Å². The van der Waals surface area contributed by atoms with Crippen molar-refractivity contribution < 1.29 is 20.8 Å². The zero-order chi connectivity index (χ0) is 41.2. The summed E-state index contributed by atoms with van der Waals surface area (Å²) in [5.41, 5.74) is 16.8. The first-order valence-electron chi connectivity index (χ1n) is 19.8. The average Bonchev–Trinajstić information content (AvgIpc) is 3.74. The van der Waals surface area contributed by atoms with E-state index in [9.17, 15) is 0 Å². The predicted octanol–water partition coefficient (Wildman–Crippen LogP) is 15.6. The minimum absolute atomic E-state index is 0.826. The van der Waals surface area contributed by atoms with Crippen LogP contribution in [-0.4, -0.2) is 28.6 Å². The number of aryl methyl sites for hydroxylation is 4. The van der Waals surface area contributed by atoms with Gasteiger partial charge in [0.2, 0.25) is 0 Å². The molecule has 0 spiro atoms. The summed E-state index contributed by atoms with van der Waals surface area (Å²) in [6.45, 7) is 31.5. The molecule has 0 atom stereocenters. The van der Waals surface area contributed by atoms with Crippen molar-refractivity contribution in [3.05, 3.63) is 129 Å². The van der Waals surface area contributed by atoms with Gasteiger partial charge < -0.3 is 4.14 Å². The molecule has 1 nitrogen and oxygen atoms in total. The molecule has 0 unspecified atom stereocenters. The summed E-state index contributed by atoms with van der Waals surface area (Å²) in [4.78, 5) is 0. The summed E-state index contributed by atoms with van der Waals surface area (Å²) >= 11 is -0.826. The van der Waals surface area contributed by atoms with Crippen LogP contribution in [0.4, 0.5) is 0 Å². The van der Waals surface area contributed by atoms with Crippen LogP contribution >= 0.6 is 17.0 Å². The van der Waals surface area contributed by atoms with E-state index in [4.69, 9.17) is 25.0 Å². The van der Waals surface area contributed by atoms with E-state index in [1.54, 1.807) is 0 Å². The number of halogens is 2. The van der Waals surface area contributed by atoms with E-state index in [0.717, 1.165) is 0 Å². The van der Waals surface area contributed by atoms with E-state index in [2.05, 4.69) is 184 Å². The molecule has 55 heavy (non-hydrogen) atoms. The van der Waals surface area contributed by atoms with E-state index in [1.165, 1.54) is 114 Å². The van der Waals surface area contributed by atoms with Gasteiger partial charge in [0.15, 0.2) is 7.98 Å². The number of fused-ring (bicyclic) bond motifs is 2. The van der Waals surface area contributed by atoms with Crippen molar-refractivity contribution in [1.29, 1.82) is 0 Å². The van der Waals surface area contributed by atoms with E-state index in [0.29, 0.717) is 0 Å². The van der Waals surface area contributed by atoms with Gasteiger partial charge in [-0.25, -0.2) is 0 Å². The summed E-state index contributed by atoms with van der Waals surface area (Å²) in [5, 5.41) is 5.53. The normalized spacial score (nSPS) is 11.4. The zero-order valence-electron chi connectivity index (χ0n) is 36.2. The number of hydrogen-bond acceptors (Lipinski definition) is 1. The number of hydrogen-bond donors (Lipinski definition) is 0. The van der Waals surface area contributed by atoms with E-state index in [1.807, 2.05) is 0 Å². The molecular formula is C48H64BCl2NSi2Zr. The van der Waals surface area contributed by atoms with Gasteiger partial charge in [-0.05, 0) is 98.9 Å². The fraction of sp³-hybridized carbons (Fsp3) is 0.375. The Labute approximate surface area is 357 Å². The summed E-state index contributed by atoms with van der Waals surface area (Å²) < 4.78 is 2.15. The minimum atomic E-state index is -1.22. The molecule has 0 saturated heterocycles. The van der Waals surface area contributed by atoms with Crippen molar-refractivity contribution in [3.63, 3.8) is 0 Å². The topological polar surface area (TPSA) is 3.24 Å².